The molecule has 1 aromatic rings. The van der Waals surface area contributed by atoms with Gasteiger partial charge in [0, 0.05) is 6.54 Å². The van der Waals surface area contributed by atoms with Crippen LogP contribution in [0.25, 0.3) is 0 Å². The van der Waals surface area contributed by atoms with Crippen molar-refractivity contribution in [2.75, 3.05) is 20.8 Å². The third-order valence-corrected chi connectivity index (χ3v) is 2.99. The van der Waals surface area contributed by atoms with Gasteiger partial charge in [-0.1, -0.05) is 12.2 Å². The number of unbranched alkanes of at least 4 members (excludes halogenated alkanes) is 1. The molecule has 110 valence electrons. The highest BCUT2D eigenvalue weighted by molar-refractivity contribution is 7.80. The van der Waals surface area contributed by atoms with Gasteiger partial charge in [-0.05, 0) is 37.5 Å². The van der Waals surface area contributed by atoms with Crippen molar-refractivity contribution in [1.82, 2.24) is 5.32 Å². The van der Waals surface area contributed by atoms with Crippen molar-refractivity contribution in [1.29, 1.82) is 0 Å². The van der Waals surface area contributed by atoms with E-state index in [4.69, 9.17) is 27.4 Å². The Labute approximate surface area is 124 Å². The van der Waals surface area contributed by atoms with E-state index in [1.807, 2.05) is 0 Å². The van der Waals surface area contributed by atoms with Gasteiger partial charge in [0.05, 0.1) is 24.8 Å². The first kappa shape index (κ1) is 16.2. The maximum Gasteiger partial charge on any atom is 0.255 e. The van der Waals surface area contributed by atoms with Crippen molar-refractivity contribution >= 4 is 23.1 Å². The molecule has 5 nitrogen and oxygen atoms in total. The largest absolute Gasteiger partial charge is 0.497 e. The zero-order valence-corrected chi connectivity index (χ0v) is 12.6. The topological polar surface area (TPSA) is 73.6 Å². The Balaban J connectivity index is 2.55. The second-order valence-corrected chi connectivity index (χ2v) is 4.77. The number of thiocarbonyl (C=S) groups is 1. The van der Waals surface area contributed by atoms with E-state index in [0.717, 1.165) is 12.8 Å². The Morgan fingerprint density at radius 3 is 2.65 bits per heavy atom. The summed E-state index contributed by atoms with van der Waals surface area (Å²) in [6.07, 6.45) is 2.40. The molecule has 0 aromatic heterocycles. The van der Waals surface area contributed by atoms with Crippen LogP contribution in [0.4, 0.5) is 0 Å². The quantitative estimate of drug-likeness (QED) is 0.566. The Bertz CT molecular complexity index is 477. The van der Waals surface area contributed by atoms with Crippen molar-refractivity contribution in [2.24, 2.45) is 5.73 Å². The number of hydrogen-bond acceptors (Lipinski definition) is 4. The predicted octanol–water partition coefficient (Wildman–Crippen LogP) is 1.89. The van der Waals surface area contributed by atoms with Crippen molar-refractivity contribution < 1.29 is 14.3 Å². The summed E-state index contributed by atoms with van der Waals surface area (Å²) in [5.41, 5.74) is 5.87. The van der Waals surface area contributed by atoms with Crippen LogP contribution in [0.1, 0.15) is 29.6 Å². The molecular weight excluding hydrogens is 276 g/mol. The Morgan fingerprint density at radius 1 is 1.30 bits per heavy atom. The summed E-state index contributed by atoms with van der Waals surface area (Å²) < 4.78 is 10.3. The molecule has 1 aromatic carbocycles. The number of nitrogens with one attached hydrogen (secondary N) is 1. The van der Waals surface area contributed by atoms with E-state index in [1.54, 1.807) is 25.3 Å². The lowest BCUT2D eigenvalue weighted by atomic mass is 10.1. The first-order valence-corrected chi connectivity index (χ1v) is 6.78. The second kappa shape index (κ2) is 8.37. The van der Waals surface area contributed by atoms with Crippen LogP contribution in [0.3, 0.4) is 0 Å². The van der Waals surface area contributed by atoms with Gasteiger partial charge in [0.15, 0.2) is 0 Å². The zero-order valence-electron chi connectivity index (χ0n) is 11.8. The maximum atomic E-state index is 12.1. The molecule has 0 unspecified atom stereocenters. The molecule has 20 heavy (non-hydrogen) atoms. The summed E-state index contributed by atoms with van der Waals surface area (Å²) in [5, 5.41) is 2.84. The van der Waals surface area contributed by atoms with Gasteiger partial charge in [-0.3, -0.25) is 4.79 Å². The van der Waals surface area contributed by atoms with Crippen LogP contribution < -0.4 is 20.5 Å². The van der Waals surface area contributed by atoms with Gasteiger partial charge >= 0.3 is 0 Å². The Morgan fingerprint density at radius 2 is 2.05 bits per heavy atom. The number of amides is 1. The molecule has 3 N–H and O–H groups in total. The maximum absolute atomic E-state index is 12.1. The number of methoxy groups -OCH3 is 2. The average molecular weight is 296 g/mol. The fraction of sp³-hybridized carbons (Fsp3) is 0.429. The number of nitrogens with two attached hydrogens (primary N) is 1. The number of ether oxygens (including phenoxy) is 2. The number of carbonyl (C=O) groups is 1. The highest BCUT2D eigenvalue weighted by Gasteiger charge is 2.12. The molecule has 0 aliphatic rings. The molecule has 0 saturated heterocycles. The molecule has 0 radical (unpaired) electrons. The minimum Gasteiger partial charge on any atom is -0.497 e. The molecule has 6 heteroatoms. The minimum atomic E-state index is -0.184. The number of benzene rings is 1. The lowest BCUT2D eigenvalue weighted by molar-refractivity contribution is 0.0949. The van der Waals surface area contributed by atoms with Crippen LogP contribution in [0.5, 0.6) is 11.5 Å². The summed E-state index contributed by atoms with van der Waals surface area (Å²) >= 11 is 4.79. The van der Waals surface area contributed by atoms with Crippen LogP contribution in [-0.2, 0) is 0 Å². The lowest BCUT2D eigenvalue weighted by Gasteiger charge is -2.10. The smallest absolute Gasteiger partial charge is 0.255 e. The summed E-state index contributed by atoms with van der Waals surface area (Å²) in [6, 6.07) is 5.11. The first-order chi connectivity index (χ1) is 9.58. The Kier molecular flexibility index (Phi) is 6.79. The molecule has 0 saturated carbocycles. The van der Waals surface area contributed by atoms with Crippen LogP contribution >= 0.6 is 12.2 Å². The molecule has 0 heterocycles. The van der Waals surface area contributed by atoms with E-state index < -0.39 is 0 Å². The van der Waals surface area contributed by atoms with Crippen molar-refractivity contribution in [3.05, 3.63) is 23.8 Å². The van der Waals surface area contributed by atoms with Gasteiger partial charge < -0.3 is 20.5 Å². The van der Waals surface area contributed by atoms with E-state index in [0.29, 0.717) is 35.0 Å². The van der Waals surface area contributed by atoms with Gasteiger partial charge in [0.25, 0.3) is 5.91 Å². The summed E-state index contributed by atoms with van der Waals surface area (Å²) in [5.74, 6) is 0.951. The van der Waals surface area contributed by atoms with Gasteiger partial charge in [0.2, 0.25) is 0 Å². The highest BCUT2D eigenvalue weighted by Crippen LogP contribution is 2.23. The second-order valence-electron chi connectivity index (χ2n) is 4.25. The molecule has 0 spiro atoms. The molecule has 1 rings (SSSR count). The predicted molar refractivity (Wildman–Crippen MR) is 82.5 cm³/mol. The van der Waals surface area contributed by atoms with E-state index in [1.165, 1.54) is 7.11 Å². The van der Waals surface area contributed by atoms with Gasteiger partial charge in [0.1, 0.15) is 11.5 Å². The molecular formula is C14H20N2O3S. The fourth-order valence-electron chi connectivity index (χ4n) is 1.71. The van der Waals surface area contributed by atoms with Gasteiger partial charge in [-0.15, -0.1) is 0 Å². The van der Waals surface area contributed by atoms with Crippen molar-refractivity contribution in [3.63, 3.8) is 0 Å². The average Bonchev–Trinajstić information content (AvgIpc) is 2.45. The molecule has 0 aliphatic carbocycles. The van der Waals surface area contributed by atoms with E-state index in [9.17, 15) is 4.79 Å². The summed E-state index contributed by atoms with van der Waals surface area (Å²) in [6.45, 7) is 0.571. The first-order valence-electron chi connectivity index (χ1n) is 6.37. The van der Waals surface area contributed by atoms with Crippen LogP contribution in [0.15, 0.2) is 18.2 Å². The third kappa shape index (κ3) is 5.05. The van der Waals surface area contributed by atoms with Crippen LogP contribution in [0, 0.1) is 0 Å². The molecule has 0 bridgehead atoms. The van der Waals surface area contributed by atoms with Crippen molar-refractivity contribution in [2.45, 2.75) is 19.3 Å². The van der Waals surface area contributed by atoms with E-state index in [2.05, 4.69) is 5.32 Å². The van der Waals surface area contributed by atoms with Gasteiger partial charge in [-0.2, -0.15) is 0 Å². The summed E-state index contributed by atoms with van der Waals surface area (Å²) in [7, 11) is 3.08. The van der Waals surface area contributed by atoms with Crippen LogP contribution in [0.2, 0.25) is 0 Å². The SMILES string of the molecule is COc1ccc(OC)c(C(=O)NCCCCC(N)=S)c1. The van der Waals surface area contributed by atoms with Crippen molar-refractivity contribution in [3.8, 4) is 11.5 Å². The lowest BCUT2D eigenvalue weighted by Crippen LogP contribution is -2.25. The molecule has 0 fully saturated rings. The van der Waals surface area contributed by atoms with E-state index >= 15 is 0 Å². The summed E-state index contributed by atoms with van der Waals surface area (Å²) in [4.78, 5) is 12.6. The number of rotatable bonds is 8. The standard InChI is InChI=1S/C14H20N2O3S/c1-18-10-6-7-12(19-2)11(9-10)14(17)16-8-4-3-5-13(15)20/h6-7,9H,3-5,8H2,1-2H3,(H2,15,20)(H,16,17). The van der Waals surface area contributed by atoms with Gasteiger partial charge in [-0.25, -0.2) is 0 Å². The fourth-order valence-corrected chi connectivity index (χ4v) is 1.86. The molecule has 0 aliphatic heterocycles. The van der Waals surface area contributed by atoms with Crippen LogP contribution in [-0.4, -0.2) is 31.7 Å². The monoisotopic (exact) mass is 296 g/mol. The zero-order chi connectivity index (χ0) is 15.0. The minimum absolute atomic E-state index is 0.184. The van der Waals surface area contributed by atoms with E-state index in [-0.39, 0.29) is 5.91 Å². The molecule has 0 atom stereocenters. The Hall–Kier alpha value is -1.82. The number of carbonyl (C=O) groups excluding carboxylic acids is 1. The molecule has 1 amide bonds. The normalized spacial score (nSPS) is 9.90. The third-order valence-electron chi connectivity index (χ3n) is 2.79. The highest BCUT2D eigenvalue weighted by atomic mass is 32.1. The number of hydrogen-bond donors (Lipinski definition) is 2.